The van der Waals surface area contributed by atoms with Gasteiger partial charge in [0.05, 0.1) is 26.2 Å². The van der Waals surface area contributed by atoms with Gasteiger partial charge in [0.15, 0.2) is 11.5 Å². The van der Waals surface area contributed by atoms with E-state index in [1.165, 1.54) is 5.56 Å². The number of benzene rings is 2. The molecule has 3 aromatic rings. The minimum atomic E-state index is 0.133. The molecule has 1 amide bonds. The minimum absolute atomic E-state index is 0.133. The summed E-state index contributed by atoms with van der Waals surface area (Å²) in [6.07, 6.45) is 1.19. The highest BCUT2D eigenvalue weighted by Crippen LogP contribution is 2.33. The summed E-state index contributed by atoms with van der Waals surface area (Å²) in [6.45, 7) is 5.38. The van der Waals surface area contributed by atoms with Gasteiger partial charge in [-0.2, -0.15) is 0 Å². The molecule has 0 saturated heterocycles. The highest BCUT2D eigenvalue weighted by atomic mass is 16.5. The number of methoxy groups -OCH3 is 2. The Morgan fingerprint density at radius 1 is 1.07 bits per heavy atom. The summed E-state index contributed by atoms with van der Waals surface area (Å²) in [5.74, 6) is 1.57. The molecule has 0 bridgehead atoms. The number of fused-ring (bicyclic) bond motifs is 2. The average Bonchev–Trinajstić information content (AvgIpc) is 2.75. The number of aromatic nitrogens is 1. The third-order valence-corrected chi connectivity index (χ3v) is 5.88. The Bertz CT molecular complexity index is 1090. The lowest BCUT2D eigenvalue weighted by molar-refractivity contribution is -0.131. The second-order valence-corrected chi connectivity index (χ2v) is 7.54. The maximum atomic E-state index is 13.1. The Morgan fingerprint density at radius 2 is 1.76 bits per heavy atom. The van der Waals surface area contributed by atoms with Crippen molar-refractivity contribution in [1.82, 2.24) is 9.88 Å². The first-order valence-corrected chi connectivity index (χ1v) is 9.88. The van der Waals surface area contributed by atoms with Crippen LogP contribution in [-0.4, -0.2) is 36.6 Å². The molecule has 0 radical (unpaired) electrons. The van der Waals surface area contributed by atoms with E-state index >= 15 is 0 Å². The summed E-state index contributed by atoms with van der Waals surface area (Å²) >= 11 is 0. The molecule has 4 rings (SSSR count). The molecule has 1 aliphatic heterocycles. The minimum Gasteiger partial charge on any atom is -0.493 e. The van der Waals surface area contributed by atoms with Gasteiger partial charge in [-0.1, -0.05) is 18.2 Å². The molecule has 0 unspecified atom stereocenters. The molecule has 0 saturated carbocycles. The number of carbonyl (C=O) groups excluding carboxylic acids is 1. The number of hydrogen-bond acceptors (Lipinski definition) is 4. The van der Waals surface area contributed by atoms with Gasteiger partial charge >= 0.3 is 0 Å². The number of hydrogen-bond donors (Lipinski definition) is 0. The van der Waals surface area contributed by atoms with Crippen LogP contribution < -0.4 is 9.47 Å². The lowest BCUT2D eigenvalue weighted by Gasteiger charge is -2.30. The number of amides is 1. The predicted octanol–water partition coefficient (Wildman–Crippen LogP) is 4.00. The van der Waals surface area contributed by atoms with Gasteiger partial charge in [-0.3, -0.25) is 9.78 Å². The second-order valence-electron chi connectivity index (χ2n) is 7.54. The number of nitrogens with zero attached hydrogens (tertiary/aromatic N) is 2. The lowest BCUT2D eigenvalue weighted by Crippen LogP contribution is -2.37. The van der Waals surface area contributed by atoms with E-state index in [0.717, 1.165) is 45.5 Å². The molecule has 1 aromatic heterocycles. The zero-order valence-corrected chi connectivity index (χ0v) is 17.4. The molecule has 29 heavy (non-hydrogen) atoms. The molecule has 0 aliphatic carbocycles. The molecular weight excluding hydrogens is 364 g/mol. The fourth-order valence-corrected chi connectivity index (χ4v) is 4.19. The standard InChI is InChI=1S/C24H26N2O3/c1-15-19-7-5-6-8-21(19)25-16(2)20(15)13-24(27)26-10-9-17-11-22(28-3)23(29-4)12-18(17)14-26/h5-8,11-12H,9-10,13-14H2,1-4H3. The molecule has 0 spiro atoms. The van der Waals surface area contributed by atoms with Gasteiger partial charge in [0, 0.05) is 24.2 Å². The van der Waals surface area contributed by atoms with Crippen LogP contribution in [0.5, 0.6) is 11.5 Å². The Labute approximate surface area is 171 Å². The Kier molecular flexibility index (Phi) is 5.14. The Hall–Kier alpha value is -3.08. The quantitative estimate of drug-likeness (QED) is 0.676. The topological polar surface area (TPSA) is 51.7 Å². The maximum absolute atomic E-state index is 13.1. The van der Waals surface area contributed by atoms with E-state index in [1.807, 2.05) is 42.2 Å². The van der Waals surface area contributed by atoms with Crippen molar-refractivity contribution >= 4 is 16.8 Å². The highest BCUT2D eigenvalue weighted by Gasteiger charge is 2.24. The van der Waals surface area contributed by atoms with E-state index in [-0.39, 0.29) is 5.91 Å². The Balaban J connectivity index is 1.58. The summed E-state index contributed by atoms with van der Waals surface area (Å²) in [6, 6.07) is 12.1. The van der Waals surface area contributed by atoms with Crippen molar-refractivity contribution in [2.24, 2.45) is 0 Å². The van der Waals surface area contributed by atoms with Crippen LogP contribution in [0.25, 0.3) is 10.9 Å². The predicted molar refractivity (Wildman–Crippen MR) is 114 cm³/mol. The molecule has 150 valence electrons. The van der Waals surface area contributed by atoms with Crippen LogP contribution in [0, 0.1) is 13.8 Å². The zero-order chi connectivity index (χ0) is 20.5. The third-order valence-electron chi connectivity index (χ3n) is 5.88. The van der Waals surface area contributed by atoms with Crippen LogP contribution in [0.2, 0.25) is 0 Å². The van der Waals surface area contributed by atoms with Crippen molar-refractivity contribution in [2.75, 3.05) is 20.8 Å². The fraction of sp³-hybridized carbons (Fsp3) is 0.333. The van der Waals surface area contributed by atoms with Crippen molar-refractivity contribution in [1.29, 1.82) is 0 Å². The van der Waals surface area contributed by atoms with Crippen LogP contribution in [-0.2, 0) is 24.2 Å². The van der Waals surface area contributed by atoms with E-state index in [4.69, 9.17) is 14.5 Å². The van der Waals surface area contributed by atoms with E-state index in [9.17, 15) is 4.79 Å². The molecule has 2 heterocycles. The first-order chi connectivity index (χ1) is 14.0. The normalized spacial score (nSPS) is 13.3. The lowest BCUT2D eigenvalue weighted by atomic mass is 9.96. The molecule has 0 fully saturated rings. The Morgan fingerprint density at radius 3 is 2.48 bits per heavy atom. The summed E-state index contributed by atoms with van der Waals surface area (Å²) < 4.78 is 10.8. The van der Waals surface area contributed by atoms with E-state index in [0.29, 0.717) is 25.3 Å². The largest absolute Gasteiger partial charge is 0.493 e. The monoisotopic (exact) mass is 390 g/mol. The smallest absolute Gasteiger partial charge is 0.227 e. The van der Waals surface area contributed by atoms with Gasteiger partial charge in [-0.05, 0) is 60.7 Å². The van der Waals surface area contributed by atoms with Gasteiger partial charge in [-0.25, -0.2) is 0 Å². The SMILES string of the molecule is COc1cc2c(cc1OC)CN(C(=O)Cc1c(C)nc3ccccc3c1C)CC2. The number of rotatable bonds is 4. The van der Waals surface area contributed by atoms with E-state index in [1.54, 1.807) is 14.2 Å². The molecule has 5 heteroatoms. The van der Waals surface area contributed by atoms with Crippen LogP contribution in [0.15, 0.2) is 36.4 Å². The van der Waals surface area contributed by atoms with Gasteiger partial charge in [0.25, 0.3) is 0 Å². The van der Waals surface area contributed by atoms with Gasteiger partial charge in [-0.15, -0.1) is 0 Å². The highest BCUT2D eigenvalue weighted by molar-refractivity contribution is 5.86. The fourth-order valence-electron chi connectivity index (χ4n) is 4.19. The average molecular weight is 390 g/mol. The molecule has 1 aliphatic rings. The van der Waals surface area contributed by atoms with Crippen molar-refractivity contribution in [3.05, 3.63) is 64.3 Å². The van der Waals surface area contributed by atoms with Gasteiger partial charge in [0.1, 0.15) is 0 Å². The number of carbonyl (C=O) groups is 1. The summed E-state index contributed by atoms with van der Waals surface area (Å²) in [5, 5.41) is 1.11. The van der Waals surface area contributed by atoms with Crippen molar-refractivity contribution in [3.8, 4) is 11.5 Å². The third kappa shape index (κ3) is 3.53. The summed E-state index contributed by atoms with van der Waals surface area (Å²) in [7, 11) is 3.28. The van der Waals surface area contributed by atoms with Gasteiger partial charge < -0.3 is 14.4 Å². The molecule has 2 aromatic carbocycles. The van der Waals surface area contributed by atoms with Crippen molar-refractivity contribution in [3.63, 3.8) is 0 Å². The van der Waals surface area contributed by atoms with Crippen molar-refractivity contribution < 1.29 is 14.3 Å². The number of pyridine rings is 1. The number of para-hydroxylation sites is 1. The van der Waals surface area contributed by atoms with E-state index in [2.05, 4.69) is 13.0 Å². The first kappa shape index (κ1) is 19.2. The molecular formula is C24H26N2O3. The van der Waals surface area contributed by atoms with E-state index < -0.39 is 0 Å². The van der Waals surface area contributed by atoms with Crippen LogP contribution in [0.3, 0.4) is 0 Å². The number of ether oxygens (including phenoxy) is 2. The molecule has 5 nitrogen and oxygen atoms in total. The summed E-state index contributed by atoms with van der Waals surface area (Å²) in [4.78, 5) is 19.8. The first-order valence-electron chi connectivity index (χ1n) is 9.88. The summed E-state index contributed by atoms with van der Waals surface area (Å²) in [5.41, 5.74) is 6.42. The number of aryl methyl sites for hydroxylation is 2. The van der Waals surface area contributed by atoms with Crippen molar-refractivity contribution in [2.45, 2.75) is 33.2 Å². The second kappa shape index (κ2) is 7.74. The van der Waals surface area contributed by atoms with Crippen LogP contribution in [0.1, 0.15) is 27.9 Å². The molecule has 0 atom stereocenters. The van der Waals surface area contributed by atoms with Crippen LogP contribution in [0.4, 0.5) is 0 Å². The zero-order valence-electron chi connectivity index (χ0n) is 17.4. The molecule has 0 N–H and O–H groups in total. The van der Waals surface area contributed by atoms with Gasteiger partial charge in [0.2, 0.25) is 5.91 Å². The van der Waals surface area contributed by atoms with Crippen LogP contribution >= 0.6 is 0 Å². The maximum Gasteiger partial charge on any atom is 0.227 e.